The summed E-state index contributed by atoms with van der Waals surface area (Å²) in [7, 11) is 3.80. The van der Waals surface area contributed by atoms with Crippen molar-refractivity contribution >= 4 is 25.9 Å². The second-order valence-electron chi connectivity index (χ2n) is 9.26. The van der Waals surface area contributed by atoms with Gasteiger partial charge in [-0.25, -0.2) is 0 Å². The summed E-state index contributed by atoms with van der Waals surface area (Å²) in [6, 6.07) is 12.0. The van der Waals surface area contributed by atoms with E-state index in [-0.39, 0.29) is 6.04 Å². The van der Waals surface area contributed by atoms with Crippen molar-refractivity contribution in [3.8, 4) is 11.5 Å². The summed E-state index contributed by atoms with van der Waals surface area (Å²) in [5.41, 5.74) is 4.24. The van der Waals surface area contributed by atoms with E-state index in [0.717, 1.165) is 67.1 Å². The van der Waals surface area contributed by atoms with Crippen molar-refractivity contribution < 1.29 is 14.6 Å². The number of ether oxygens (including phenoxy) is 2. The highest BCUT2D eigenvalue weighted by Crippen LogP contribution is 2.33. The first-order valence-electron chi connectivity index (χ1n) is 12.4. The van der Waals surface area contributed by atoms with Gasteiger partial charge in [0.15, 0.2) is 11.5 Å². The topological polar surface area (TPSA) is 54.0 Å². The molecule has 184 valence electrons. The van der Waals surface area contributed by atoms with Crippen molar-refractivity contribution in [1.29, 1.82) is 0 Å². The fourth-order valence-corrected chi connectivity index (χ4v) is 5.34. The van der Waals surface area contributed by atoms with E-state index < -0.39 is 6.10 Å². The molecule has 5 nitrogen and oxygen atoms in total. The van der Waals surface area contributed by atoms with Crippen LogP contribution in [0.1, 0.15) is 55.4 Å². The van der Waals surface area contributed by atoms with E-state index in [2.05, 4.69) is 44.2 Å². The fraction of sp³-hybridized carbons (Fsp3) is 0.519. The Morgan fingerprint density at radius 3 is 2.59 bits per heavy atom. The molecular weight excluding hydrogens is 467 g/mol. The minimum atomic E-state index is -0.675. The summed E-state index contributed by atoms with van der Waals surface area (Å²) in [5, 5.41) is 15.8. The van der Waals surface area contributed by atoms with Gasteiger partial charge in [0.05, 0.1) is 12.1 Å². The van der Waals surface area contributed by atoms with Crippen molar-refractivity contribution in [2.45, 2.75) is 57.6 Å². The number of halogens is 1. The number of aliphatic hydroxyl groups excluding tert-OH is 1. The van der Waals surface area contributed by atoms with E-state index in [1.165, 1.54) is 24.0 Å². The molecule has 0 spiro atoms. The van der Waals surface area contributed by atoms with Gasteiger partial charge in [-0.3, -0.25) is 5.32 Å². The average molecular weight is 503 g/mol. The molecule has 4 rings (SSSR count). The molecule has 2 aromatic rings. The number of aliphatic hydroxyl groups is 1. The summed E-state index contributed by atoms with van der Waals surface area (Å²) in [4.78, 5) is 2.42. The lowest BCUT2D eigenvalue weighted by Gasteiger charge is -2.30. The van der Waals surface area contributed by atoms with Gasteiger partial charge in [0.25, 0.3) is 0 Å². The maximum atomic E-state index is 11.4. The summed E-state index contributed by atoms with van der Waals surface area (Å²) in [6.45, 7) is 6.19. The molecule has 34 heavy (non-hydrogen) atoms. The molecule has 7 heteroatoms. The second kappa shape index (κ2) is 12.4. The number of hydrogen-bond donors (Lipinski definition) is 2. The van der Waals surface area contributed by atoms with Crippen molar-refractivity contribution in [3.05, 3.63) is 58.1 Å². The number of hydrogen-bond acceptors (Lipinski definition) is 4. The van der Waals surface area contributed by atoms with Crippen LogP contribution in [0, 0.1) is 0 Å². The Bertz CT molecular complexity index is 980. The zero-order chi connectivity index (χ0) is 23.9. The van der Waals surface area contributed by atoms with Gasteiger partial charge in [0, 0.05) is 17.0 Å². The van der Waals surface area contributed by atoms with E-state index >= 15 is 0 Å². The Labute approximate surface area is 210 Å². The number of benzene rings is 2. The van der Waals surface area contributed by atoms with Crippen LogP contribution < -0.4 is 14.8 Å². The van der Waals surface area contributed by atoms with Crippen LogP contribution in [0.5, 0.6) is 11.5 Å². The van der Waals surface area contributed by atoms with Crippen LogP contribution in [0.3, 0.4) is 0 Å². The van der Waals surface area contributed by atoms with Gasteiger partial charge in [-0.15, -0.1) is 8.86 Å². The number of nitrogens with zero attached hydrogens (tertiary/aromatic N) is 1. The number of likely N-dealkylation sites (tertiary alicyclic amines) is 1. The van der Waals surface area contributed by atoms with Crippen LogP contribution in [0.25, 0.3) is 0 Å². The lowest BCUT2D eigenvalue weighted by atomic mass is 10.00. The summed E-state index contributed by atoms with van der Waals surface area (Å²) < 4.78 is 11.4. The van der Waals surface area contributed by atoms with Gasteiger partial charge < -0.3 is 19.5 Å². The minimum Gasteiger partial charge on any atom is -0.486 e. The molecule has 2 aromatic carbocycles. The first kappa shape index (κ1) is 25.5. The molecule has 0 bridgehead atoms. The Balaban J connectivity index is 1.41. The Hall–Kier alpha value is -1.62. The van der Waals surface area contributed by atoms with Gasteiger partial charge in [-0.1, -0.05) is 43.1 Å². The van der Waals surface area contributed by atoms with Gasteiger partial charge in [0.2, 0.25) is 0 Å². The van der Waals surface area contributed by atoms with Crippen LogP contribution in [0.15, 0.2) is 36.4 Å². The molecular formula is C27H36ClN2O3P. The molecule has 2 N–H and O–H groups in total. The maximum absolute atomic E-state index is 11.4. The fourth-order valence-electron chi connectivity index (χ4n) is 4.73. The third-order valence-corrected chi connectivity index (χ3v) is 7.35. The molecule has 0 aliphatic carbocycles. The van der Waals surface area contributed by atoms with Gasteiger partial charge in [-0.05, 0) is 80.1 Å². The Morgan fingerprint density at radius 1 is 1.09 bits per heavy atom. The maximum Gasteiger partial charge on any atom is 0.161 e. The molecule has 0 amide bonds. The zero-order valence-electron chi connectivity index (χ0n) is 20.0. The van der Waals surface area contributed by atoms with Gasteiger partial charge in [0.1, 0.15) is 13.2 Å². The third-order valence-electron chi connectivity index (χ3n) is 6.60. The molecule has 1 saturated heterocycles. The zero-order valence-corrected chi connectivity index (χ0v) is 21.7. The monoisotopic (exact) mass is 502 g/mol. The highest BCUT2D eigenvalue weighted by Gasteiger charge is 2.27. The number of fused-ring (bicyclic) bond motifs is 1. The number of rotatable bonds is 11. The Morgan fingerprint density at radius 2 is 1.85 bits per heavy atom. The van der Waals surface area contributed by atoms with Crippen LogP contribution >= 0.6 is 20.5 Å². The summed E-state index contributed by atoms with van der Waals surface area (Å²) in [5.74, 6) is 1.44. The smallest absolute Gasteiger partial charge is 0.161 e. The second-order valence-corrected chi connectivity index (χ2v) is 10.3. The quantitative estimate of drug-likeness (QED) is 0.421. The van der Waals surface area contributed by atoms with Gasteiger partial charge in [-0.2, -0.15) is 0 Å². The Kier molecular flexibility index (Phi) is 9.27. The SMILES string of the molecule is CCCc1ccc(CCC(=P)N[C@H](CN2CCCC2)[C@H](O)c2ccc3c(c2)OCCO3)cc1Cl. The van der Waals surface area contributed by atoms with Crippen LogP contribution in [0.4, 0.5) is 0 Å². The highest BCUT2D eigenvalue weighted by atomic mass is 35.5. The average Bonchev–Trinajstić information content (AvgIpc) is 3.36. The molecule has 2 aliphatic heterocycles. The highest BCUT2D eigenvalue weighted by molar-refractivity contribution is 7.20. The van der Waals surface area contributed by atoms with E-state index in [1.807, 2.05) is 18.2 Å². The number of aryl methyl sites for hydroxylation is 2. The van der Waals surface area contributed by atoms with Crippen molar-refractivity contribution in [2.24, 2.45) is 0 Å². The molecule has 1 fully saturated rings. The molecule has 0 aromatic heterocycles. The molecule has 0 saturated carbocycles. The molecule has 0 unspecified atom stereocenters. The van der Waals surface area contributed by atoms with Crippen LogP contribution in [-0.4, -0.2) is 54.3 Å². The molecule has 2 heterocycles. The minimum absolute atomic E-state index is 0.149. The van der Waals surface area contributed by atoms with E-state index in [4.69, 9.17) is 21.1 Å². The predicted octanol–water partition coefficient (Wildman–Crippen LogP) is 5.06. The normalized spacial score (nSPS) is 17.5. The van der Waals surface area contributed by atoms with Crippen LogP contribution in [-0.2, 0) is 12.8 Å². The lowest BCUT2D eigenvalue weighted by Crippen LogP contribution is -2.46. The van der Waals surface area contributed by atoms with Gasteiger partial charge >= 0.3 is 0 Å². The molecule has 2 atom stereocenters. The molecule has 0 radical (unpaired) electrons. The number of nitrogens with one attached hydrogen (secondary N) is 1. The standard InChI is InChI=1S/C27H36ClN2O3P/c1-2-5-20-8-6-19(16-22(20)28)7-11-26(34)29-23(18-30-12-3-4-13-30)27(31)21-9-10-24-25(17-21)33-15-14-32-24/h6,8-10,16-17,23,27,29,31,34H,2-5,7,11-15,18H2,1H3/t23-,27-/m1/s1. The van der Waals surface area contributed by atoms with E-state index in [9.17, 15) is 5.11 Å². The third kappa shape index (κ3) is 6.74. The van der Waals surface area contributed by atoms with E-state index in [1.54, 1.807) is 0 Å². The van der Waals surface area contributed by atoms with Crippen molar-refractivity contribution in [3.63, 3.8) is 0 Å². The van der Waals surface area contributed by atoms with Crippen LogP contribution in [0.2, 0.25) is 5.02 Å². The lowest BCUT2D eigenvalue weighted by molar-refractivity contribution is 0.115. The summed E-state index contributed by atoms with van der Waals surface area (Å²) >= 11 is 6.47. The first-order chi connectivity index (χ1) is 16.5. The van der Waals surface area contributed by atoms with Crippen molar-refractivity contribution in [2.75, 3.05) is 32.8 Å². The van der Waals surface area contributed by atoms with Crippen molar-refractivity contribution in [1.82, 2.24) is 10.2 Å². The predicted molar refractivity (Wildman–Crippen MR) is 142 cm³/mol. The molecule has 2 aliphatic rings. The summed E-state index contributed by atoms with van der Waals surface area (Å²) in [6.07, 6.45) is 5.53. The van der Waals surface area contributed by atoms with E-state index in [0.29, 0.717) is 19.0 Å². The largest absolute Gasteiger partial charge is 0.486 e. The first-order valence-corrected chi connectivity index (χ1v) is 13.3.